The number of nitrogens with zero attached hydrogens (tertiary/aromatic N) is 1. The molecule has 1 aliphatic heterocycles. The summed E-state index contributed by atoms with van der Waals surface area (Å²) in [6, 6.07) is 7.14. The molecule has 0 aromatic heterocycles. The van der Waals surface area contributed by atoms with Gasteiger partial charge in [0.05, 0.1) is 6.54 Å². The minimum atomic E-state index is -0.778. The van der Waals surface area contributed by atoms with Crippen molar-refractivity contribution < 1.29 is 19.1 Å². The van der Waals surface area contributed by atoms with Gasteiger partial charge in [-0.2, -0.15) is 0 Å². The number of nitrogens with two attached hydrogens (primary N) is 1. The van der Waals surface area contributed by atoms with Crippen molar-refractivity contribution in [2.45, 2.75) is 19.1 Å². The molecule has 6 nitrogen and oxygen atoms in total. The van der Waals surface area contributed by atoms with Gasteiger partial charge in [-0.05, 0) is 19.1 Å². The van der Waals surface area contributed by atoms with E-state index in [0.717, 1.165) is 0 Å². The van der Waals surface area contributed by atoms with Crippen LogP contribution in [-0.2, 0) is 9.59 Å². The van der Waals surface area contributed by atoms with Crippen LogP contribution in [0, 0.1) is 0 Å². The van der Waals surface area contributed by atoms with Crippen LogP contribution in [-0.4, -0.2) is 42.5 Å². The van der Waals surface area contributed by atoms with Gasteiger partial charge in [0.1, 0.15) is 6.10 Å². The van der Waals surface area contributed by atoms with Crippen molar-refractivity contribution in [1.82, 2.24) is 4.90 Å². The number of fused-ring (bicyclic) bond motifs is 1. The van der Waals surface area contributed by atoms with Crippen LogP contribution in [0.2, 0.25) is 0 Å². The molecule has 0 aliphatic carbocycles. The number of likely N-dealkylation sites (N-methyl/N-ethyl adjacent to an activating group) is 1. The van der Waals surface area contributed by atoms with Gasteiger partial charge < -0.3 is 20.1 Å². The summed E-state index contributed by atoms with van der Waals surface area (Å²) < 4.78 is 11.3. The molecule has 1 aromatic rings. The van der Waals surface area contributed by atoms with Crippen LogP contribution in [0.1, 0.15) is 6.92 Å². The fourth-order valence-electron chi connectivity index (χ4n) is 1.92. The van der Waals surface area contributed by atoms with Crippen molar-refractivity contribution in [3.05, 3.63) is 24.3 Å². The number of primary amides is 1. The first-order valence-corrected chi connectivity index (χ1v) is 5.94. The highest BCUT2D eigenvalue weighted by molar-refractivity contribution is 5.87. The second kappa shape index (κ2) is 5.17. The zero-order valence-electron chi connectivity index (χ0n) is 10.8. The molecule has 0 fully saturated rings. The van der Waals surface area contributed by atoms with E-state index >= 15 is 0 Å². The van der Waals surface area contributed by atoms with Crippen LogP contribution in [0.3, 0.4) is 0 Å². The van der Waals surface area contributed by atoms with E-state index in [1.165, 1.54) is 11.9 Å². The molecule has 102 valence electrons. The minimum absolute atomic E-state index is 0.146. The number of carbonyl (C=O) groups excluding carboxylic acids is 2. The lowest BCUT2D eigenvalue weighted by molar-refractivity contribution is -0.145. The fourth-order valence-corrected chi connectivity index (χ4v) is 1.92. The average Bonchev–Trinajstić information content (AvgIpc) is 2.36. The lowest BCUT2D eigenvalue weighted by atomic mass is 10.1. The lowest BCUT2D eigenvalue weighted by Crippen LogP contribution is -2.51. The molecule has 6 heteroatoms. The number of rotatable bonds is 3. The highest BCUT2D eigenvalue weighted by Crippen LogP contribution is 2.33. The van der Waals surface area contributed by atoms with Gasteiger partial charge >= 0.3 is 0 Å². The summed E-state index contributed by atoms with van der Waals surface area (Å²) >= 11 is 0. The summed E-state index contributed by atoms with van der Waals surface area (Å²) in [6.07, 6.45) is -1.21. The van der Waals surface area contributed by atoms with Crippen molar-refractivity contribution in [2.75, 3.05) is 13.6 Å². The highest BCUT2D eigenvalue weighted by atomic mass is 16.6. The van der Waals surface area contributed by atoms with Crippen LogP contribution in [0.15, 0.2) is 24.3 Å². The molecule has 19 heavy (non-hydrogen) atoms. The first kappa shape index (κ1) is 13.2. The third-order valence-electron chi connectivity index (χ3n) is 2.85. The molecule has 0 saturated heterocycles. The van der Waals surface area contributed by atoms with Crippen LogP contribution in [0.5, 0.6) is 11.5 Å². The van der Waals surface area contributed by atoms with E-state index in [2.05, 4.69) is 0 Å². The summed E-state index contributed by atoms with van der Waals surface area (Å²) in [6.45, 7) is 1.60. The van der Waals surface area contributed by atoms with Crippen LogP contribution in [0.4, 0.5) is 0 Å². The number of hydrogen-bond donors (Lipinski definition) is 1. The normalized spacial score (nSPS) is 20.7. The predicted octanol–water partition coefficient (Wildman–Crippen LogP) is 0.159. The van der Waals surface area contributed by atoms with Gasteiger partial charge in [0.25, 0.3) is 5.91 Å². The number of hydrogen-bond acceptors (Lipinski definition) is 4. The van der Waals surface area contributed by atoms with Crippen LogP contribution >= 0.6 is 0 Å². The van der Waals surface area contributed by atoms with E-state index < -0.39 is 18.1 Å². The summed E-state index contributed by atoms with van der Waals surface area (Å²) in [5, 5.41) is 0. The lowest BCUT2D eigenvalue weighted by Gasteiger charge is -2.33. The molecule has 2 N–H and O–H groups in total. The van der Waals surface area contributed by atoms with Gasteiger partial charge in [-0.1, -0.05) is 12.1 Å². The predicted molar refractivity (Wildman–Crippen MR) is 67.8 cm³/mol. The van der Waals surface area contributed by atoms with Crippen LogP contribution in [0.25, 0.3) is 0 Å². The van der Waals surface area contributed by atoms with E-state index in [0.29, 0.717) is 11.5 Å². The van der Waals surface area contributed by atoms with E-state index in [1.807, 2.05) is 6.07 Å². The molecule has 1 heterocycles. The standard InChI is InChI=1S/C13H16N2O4/c1-8-12(13(17)15(2)7-11(14)16)19-10-6-4-3-5-9(10)18-8/h3-6,8,12H,7H2,1-2H3,(H2,14,16)/t8-,12-/m1/s1. The number of ether oxygens (including phenoxy) is 2. The van der Waals surface area contributed by atoms with Gasteiger partial charge in [-0.15, -0.1) is 0 Å². The molecule has 0 bridgehead atoms. The molecule has 1 aliphatic rings. The van der Waals surface area contributed by atoms with Crippen molar-refractivity contribution in [1.29, 1.82) is 0 Å². The Balaban J connectivity index is 2.14. The van der Waals surface area contributed by atoms with Gasteiger partial charge in [0.2, 0.25) is 12.0 Å². The van der Waals surface area contributed by atoms with E-state index in [4.69, 9.17) is 15.2 Å². The molecule has 0 saturated carbocycles. The fraction of sp³-hybridized carbons (Fsp3) is 0.385. The maximum absolute atomic E-state index is 12.2. The quantitative estimate of drug-likeness (QED) is 0.843. The van der Waals surface area contributed by atoms with Gasteiger partial charge in [-0.3, -0.25) is 9.59 Å². The Kier molecular flexibility index (Phi) is 3.59. The Bertz CT molecular complexity index is 503. The molecule has 2 rings (SSSR count). The Morgan fingerprint density at radius 2 is 1.84 bits per heavy atom. The van der Waals surface area contributed by atoms with E-state index in [1.54, 1.807) is 25.1 Å². The maximum atomic E-state index is 12.2. The molecule has 0 unspecified atom stereocenters. The monoisotopic (exact) mass is 264 g/mol. The molecule has 2 atom stereocenters. The first-order chi connectivity index (χ1) is 8.99. The molecule has 0 radical (unpaired) electrons. The Morgan fingerprint density at radius 1 is 1.26 bits per heavy atom. The maximum Gasteiger partial charge on any atom is 0.267 e. The average molecular weight is 264 g/mol. The number of benzene rings is 1. The zero-order valence-corrected chi connectivity index (χ0v) is 10.8. The highest BCUT2D eigenvalue weighted by Gasteiger charge is 2.35. The number of carbonyl (C=O) groups is 2. The summed E-state index contributed by atoms with van der Waals surface area (Å²) in [4.78, 5) is 24.2. The molecule has 1 aromatic carbocycles. The minimum Gasteiger partial charge on any atom is -0.482 e. The van der Waals surface area contributed by atoms with Crippen molar-refractivity contribution in [2.24, 2.45) is 5.73 Å². The second-order valence-electron chi connectivity index (χ2n) is 4.47. The first-order valence-electron chi connectivity index (χ1n) is 5.94. The van der Waals surface area contributed by atoms with E-state index in [9.17, 15) is 9.59 Å². The second-order valence-corrected chi connectivity index (χ2v) is 4.47. The molecule has 2 amide bonds. The van der Waals surface area contributed by atoms with E-state index in [-0.39, 0.29) is 12.5 Å². The Morgan fingerprint density at radius 3 is 2.42 bits per heavy atom. The van der Waals surface area contributed by atoms with Gasteiger partial charge in [-0.25, -0.2) is 0 Å². The molecular weight excluding hydrogens is 248 g/mol. The largest absolute Gasteiger partial charge is 0.482 e. The Labute approximate surface area is 111 Å². The third-order valence-corrected chi connectivity index (χ3v) is 2.85. The number of para-hydroxylation sites is 2. The third kappa shape index (κ3) is 2.78. The topological polar surface area (TPSA) is 81.9 Å². The molecular formula is C13H16N2O4. The smallest absolute Gasteiger partial charge is 0.267 e. The van der Waals surface area contributed by atoms with Crippen LogP contribution < -0.4 is 15.2 Å². The number of amides is 2. The SMILES string of the molecule is C[C@H]1Oc2ccccc2O[C@H]1C(=O)N(C)CC(N)=O. The summed E-state index contributed by atoms with van der Waals surface area (Å²) in [5.74, 6) is 0.226. The zero-order chi connectivity index (χ0) is 14.0. The summed E-state index contributed by atoms with van der Waals surface area (Å²) in [5.41, 5.74) is 5.07. The van der Waals surface area contributed by atoms with Gasteiger partial charge in [0.15, 0.2) is 11.5 Å². The summed E-state index contributed by atoms with van der Waals surface area (Å²) in [7, 11) is 1.50. The molecule has 0 spiro atoms. The van der Waals surface area contributed by atoms with Gasteiger partial charge in [0, 0.05) is 7.05 Å². The van der Waals surface area contributed by atoms with Crippen molar-refractivity contribution in [3.63, 3.8) is 0 Å². The Hall–Kier alpha value is -2.24. The van der Waals surface area contributed by atoms with Crippen molar-refractivity contribution >= 4 is 11.8 Å². The van der Waals surface area contributed by atoms with Crippen molar-refractivity contribution in [3.8, 4) is 11.5 Å².